The second kappa shape index (κ2) is 5.99. The highest BCUT2D eigenvalue weighted by molar-refractivity contribution is 5.87. The molecule has 0 fully saturated rings. The summed E-state index contributed by atoms with van der Waals surface area (Å²) in [4.78, 5) is 23.5. The van der Waals surface area contributed by atoms with Crippen LogP contribution in [0.2, 0.25) is 0 Å². The fourth-order valence-corrected chi connectivity index (χ4v) is 2.41. The van der Waals surface area contributed by atoms with Crippen molar-refractivity contribution in [1.82, 2.24) is 0 Å². The number of phenols is 1. The molecule has 0 aliphatic heterocycles. The molecule has 21 heavy (non-hydrogen) atoms. The molecule has 0 bridgehead atoms. The first-order valence-electron chi connectivity index (χ1n) is 6.83. The third kappa shape index (κ3) is 2.77. The smallest absolute Gasteiger partial charge is 0.340 e. The molecule has 0 atom stereocenters. The fraction of sp³-hybridized carbons (Fsp3) is 0.375. The zero-order chi connectivity index (χ0) is 15.6. The second-order valence-corrected chi connectivity index (χ2v) is 4.94. The van der Waals surface area contributed by atoms with Gasteiger partial charge in [-0.05, 0) is 31.0 Å². The Morgan fingerprint density at radius 1 is 1.33 bits per heavy atom. The van der Waals surface area contributed by atoms with Gasteiger partial charge in [0.2, 0.25) is 0 Å². The number of methoxy groups -OCH3 is 1. The maximum atomic E-state index is 12.1. The lowest BCUT2D eigenvalue weighted by Crippen LogP contribution is -2.16. The highest BCUT2D eigenvalue weighted by atomic mass is 16.5. The molecule has 0 spiro atoms. The van der Waals surface area contributed by atoms with Crippen LogP contribution < -0.4 is 5.63 Å². The lowest BCUT2D eigenvalue weighted by Gasteiger charge is -2.11. The van der Waals surface area contributed by atoms with Crippen LogP contribution in [-0.4, -0.2) is 18.2 Å². The lowest BCUT2D eigenvalue weighted by molar-refractivity contribution is -0.139. The first-order chi connectivity index (χ1) is 9.99. The number of benzene rings is 1. The third-order valence-corrected chi connectivity index (χ3v) is 3.58. The van der Waals surface area contributed by atoms with Crippen molar-refractivity contribution in [3.05, 3.63) is 39.2 Å². The zero-order valence-corrected chi connectivity index (χ0v) is 12.4. The molecule has 1 aromatic heterocycles. The number of ether oxygens (including phenoxy) is 1. The molecule has 1 heterocycles. The number of carbonyl (C=O) groups is 1. The molecule has 0 saturated heterocycles. The van der Waals surface area contributed by atoms with Crippen LogP contribution in [0.4, 0.5) is 0 Å². The van der Waals surface area contributed by atoms with Crippen molar-refractivity contribution >= 4 is 16.9 Å². The number of rotatable bonds is 4. The maximum Gasteiger partial charge on any atom is 0.340 e. The van der Waals surface area contributed by atoms with Crippen molar-refractivity contribution in [2.45, 2.75) is 33.1 Å². The van der Waals surface area contributed by atoms with Gasteiger partial charge in [-0.15, -0.1) is 0 Å². The minimum absolute atomic E-state index is 0.118. The van der Waals surface area contributed by atoms with E-state index in [1.54, 1.807) is 19.1 Å². The van der Waals surface area contributed by atoms with E-state index < -0.39 is 11.6 Å². The first kappa shape index (κ1) is 15.1. The number of carbonyl (C=O) groups excluding carboxylic acids is 1. The van der Waals surface area contributed by atoms with Gasteiger partial charge in [0.1, 0.15) is 11.3 Å². The van der Waals surface area contributed by atoms with E-state index >= 15 is 0 Å². The molecule has 5 heteroatoms. The zero-order valence-electron chi connectivity index (χ0n) is 12.4. The van der Waals surface area contributed by atoms with Gasteiger partial charge in [0, 0.05) is 10.9 Å². The van der Waals surface area contributed by atoms with E-state index in [2.05, 4.69) is 4.74 Å². The Bertz CT molecular complexity index is 742. The van der Waals surface area contributed by atoms with Crippen LogP contribution >= 0.6 is 0 Å². The topological polar surface area (TPSA) is 76.7 Å². The third-order valence-electron chi connectivity index (χ3n) is 3.58. The number of hydrogen-bond donors (Lipinski definition) is 1. The van der Waals surface area contributed by atoms with Crippen molar-refractivity contribution in [2.24, 2.45) is 0 Å². The highest BCUT2D eigenvalue weighted by Crippen LogP contribution is 2.30. The maximum absolute atomic E-state index is 12.1. The van der Waals surface area contributed by atoms with E-state index in [4.69, 9.17) is 4.42 Å². The van der Waals surface area contributed by atoms with Crippen molar-refractivity contribution in [1.29, 1.82) is 0 Å². The van der Waals surface area contributed by atoms with Crippen LogP contribution in [0.15, 0.2) is 21.3 Å². The largest absolute Gasteiger partial charge is 0.508 e. The molecule has 0 amide bonds. The first-order valence-corrected chi connectivity index (χ1v) is 6.83. The summed E-state index contributed by atoms with van der Waals surface area (Å²) in [6.07, 6.45) is 1.31. The summed E-state index contributed by atoms with van der Waals surface area (Å²) in [7, 11) is 1.28. The Morgan fingerprint density at radius 3 is 2.67 bits per heavy atom. The molecular formula is C16H18O5. The summed E-state index contributed by atoms with van der Waals surface area (Å²) < 4.78 is 9.96. The molecule has 1 aromatic carbocycles. The van der Waals surface area contributed by atoms with Crippen molar-refractivity contribution in [2.75, 3.05) is 7.11 Å². The minimum Gasteiger partial charge on any atom is -0.508 e. The Balaban J connectivity index is 2.71. The molecule has 0 radical (unpaired) electrons. The van der Waals surface area contributed by atoms with Gasteiger partial charge in [0.05, 0.1) is 19.1 Å². The van der Waals surface area contributed by atoms with Gasteiger partial charge in [-0.3, -0.25) is 4.79 Å². The summed E-state index contributed by atoms with van der Waals surface area (Å²) in [6, 6.07) is 3.28. The van der Waals surface area contributed by atoms with Gasteiger partial charge in [0.15, 0.2) is 0 Å². The Hall–Kier alpha value is -2.30. The Morgan fingerprint density at radius 2 is 2.05 bits per heavy atom. The normalized spacial score (nSPS) is 10.8. The predicted molar refractivity (Wildman–Crippen MR) is 78.6 cm³/mol. The van der Waals surface area contributed by atoms with E-state index in [9.17, 15) is 14.7 Å². The Kier molecular flexibility index (Phi) is 4.31. The van der Waals surface area contributed by atoms with Gasteiger partial charge in [-0.25, -0.2) is 4.79 Å². The summed E-state index contributed by atoms with van der Waals surface area (Å²) in [5, 5.41) is 10.7. The standard InChI is InChI=1S/C16H18O5/c1-4-5-11-13(17)7-6-10-9(2)12(8-14(18)20-3)16(19)21-15(10)11/h6-7,17H,4-5,8H2,1-3H3. The van der Waals surface area contributed by atoms with E-state index in [1.165, 1.54) is 7.11 Å². The second-order valence-electron chi connectivity index (χ2n) is 4.94. The molecule has 0 aliphatic rings. The summed E-state index contributed by atoms with van der Waals surface area (Å²) in [5.74, 6) is -0.370. The van der Waals surface area contributed by atoms with Crippen LogP contribution in [0, 0.1) is 6.92 Å². The Labute approximate surface area is 122 Å². The number of hydrogen-bond acceptors (Lipinski definition) is 5. The van der Waals surface area contributed by atoms with Crippen LogP contribution in [0.5, 0.6) is 5.75 Å². The molecule has 5 nitrogen and oxygen atoms in total. The van der Waals surface area contributed by atoms with Crippen molar-refractivity contribution < 1.29 is 19.1 Å². The van der Waals surface area contributed by atoms with Gasteiger partial charge in [-0.1, -0.05) is 13.3 Å². The summed E-state index contributed by atoms with van der Waals surface area (Å²) >= 11 is 0. The molecule has 2 aromatic rings. The predicted octanol–water partition coefficient (Wildman–Crippen LogP) is 2.48. The van der Waals surface area contributed by atoms with E-state index in [-0.39, 0.29) is 12.2 Å². The molecule has 2 rings (SSSR count). The molecule has 0 saturated carbocycles. The van der Waals surface area contributed by atoms with Crippen molar-refractivity contribution in [3.8, 4) is 5.75 Å². The molecule has 0 unspecified atom stereocenters. The number of phenolic OH excluding ortho intramolecular Hbond substituents is 1. The monoisotopic (exact) mass is 290 g/mol. The highest BCUT2D eigenvalue weighted by Gasteiger charge is 2.18. The van der Waals surface area contributed by atoms with Crippen molar-refractivity contribution in [3.63, 3.8) is 0 Å². The number of aryl methyl sites for hydroxylation is 2. The number of esters is 1. The number of aromatic hydroxyl groups is 1. The average Bonchev–Trinajstić information content (AvgIpc) is 2.46. The molecule has 0 aliphatic carbocycles. The molecular weight excluding hydrogens is 272 g/mol. The summed E-state index contributed by atoms with van der Waals surface area (Å²) in [5.41, 5.74) is 1.44. The van der Waals surface area contributed by atoms with E-state index in [0.717, 1.165) is 11.8 Å². The van der Waals surface area contributed by atoms with Crippen LogP contribution in [-0.2, 0) is 22.4 Å². The van der Waals surface area contributed by atoms with E-state index in [0.29, 0.717) is 28.7 Å². The number of fused-ring (bicyclic) bond motifs is 1. The minimum atomic E-state index is -0.562. The van der Waals surface area contributed by atoms with Gasteiger partial charge < -0.3 is 14.3 Å². The van der Waals surface area contributed by atoms with Gasteiger partial charge >= 0.3 is 11.6 Å². The summed E-state index contributed by atoms with van der Waals surface area (Å²) in [6.45, 7) is 3.75. The van der Waals surface area contributed by atoms with E-state index in [1.807, 2.05) is 6.92 Å². The lowest BCUT2D eigenvalue weighted by atomic mass is 9.99. The van der Waals surface area contributed by atoms with Crippen LogP contribution in [0.1, 0.15) is 30.0 Å². The van der Waals surface area contributed by atoms with Gasteiger partial charge in [-0.2, -0.15) is 0 Å². The SMILES string of the molecule is CCCc1c(O)ccc2c(C)c(CC(=O)OC)c(=O)oc12. The molecule has 1 N–H and O–H groups in total. The molecule has 112 valence electrons. The fourth-order valence-electron chi connectivity index (χ4n) is 2.41. The van der Waals surface area contributed by atoms with Crippen LogP contribution in [0.3, 0.4) is 0 Å². The quantitative estimate of drug-likeness (QED) is 0.691. The van der Waals surface area contributed by atoms with Gasteiger partial charge in [0.25, 0.3) is 0 Å². The average molecular weight is 290 g/mol. The van der Waals surface area contributed by atoms with Crippen LogP contribution in [0.25, 0.3) is 11.0 Å².